The van der Waals surface area contributed by atoms with Crippen LogP contribution in [0.2, 0.25) is 0 Å². The van der Waals surface area contributed by atoms with E-state index in [1.165, 1.54) is 0 Å². The van der Waals surface area contributed by atoms with Gasteiger partial charge < -0.3 is 5.32 Å². The van der Waals surface area contributed by atoms with Gasteiger partial charge in [-0.15, -0.1) is 0 Å². The largest absolute Gasteiger partial charge is 0.321 e. The van der Waals surface area contributed by atoms with Gasteiger partial charge in [-0.25, -0.2) is 0 Å². The van der Waals surface area contributed by atoms with Gasteiger partial charge in [0.2, 0.25) is 0 Å². The summed E-state index contributed by atoms with van der Waals surface area (Å²) in [6, 6.07) is 20.4. The number of halogens is 1. The van der Waals surface area contributed by atoms with Gasteiger partial charge in [0.05, 0.1) is 11.3 Å². The minimum Gasteiger partial charge on any atom is -0.321 e. The summed E-state index contributed by atoms with van der Waals surface area (Å²) in [5.41, 5.74) is 7.15. The van der Waals surface area contributed by atoms with Crippen LogP contribution in [-0.4, -0.2) is 17.7 Å². The molecule has 3 N–H and O–H groups in total. The molecule has 3 rings (SSSR count). The van der Waals surface area contributed by atoms with Crippen molar-refractivity contribution in [2.45, 2.75) is 6.92 Å². The Morgan fingerprint density at radius 2 is 1.41 bits per heavy atom. The normalized spacial score (nSPS) is 10.1. The average molecular weight is 452 g/mol. The Labute approximate surface area is 176 Å². The molecule has 0 heterocycles. The minimum absolute atomic E-state index is 0.225. The van der Waals surface area contributed by atoms with E-state index in [0.29, 0.717) is 16.8 Å². The third-order valence-corrected chi connectivity index (χ3v) is 4.62. The summed E-state index contributed by atoms with van der Waals surface area (Å²) in [5.74, 6) is -1.32. The third kappa shape index (κ3) is 5.30. The zero-order valence-electron chi connectivity index (χ0n) is 15.5. The van der Waals surface area contributed by atoms with Gasteiger partial charge in [-0.1, -0.05) is 45.8 Å². The first-order chi connectivity index (χ1) is 13.9. The highest BCUT2D eigenvalue weighted by Gasteiger charge is 2.15. The molecule has 0 spiro atoms. The van der Waals surface area contributed by atoms with Crippen molar-refractivity contribution in [2.75, 3.05) is 5.32 Å². The first-order valence-corrected chi connectivity index (χ1v) is 9.56. The zero-order valence-corrected chi connectivity index (χ0v) is 17.1. The molecular weight excluding hydrogens is 434 g/mol. The summed E-state index contributed by atoms with van der Waals surface area (Å²) >= 11 is 3.32. The molecule has 7 heteroatoms. The predicted molar refractivity (Wildman–Crippen MR) is 115 cm³/mol. The van der Waals surface area contributed by atoms with Gasteiger partial charge in [-0.05, 0) is 55.5 Å². The summed E-state index contributed by atoms with van der Waals surface area (Å²) in [6.07, 6.45) is 0. The van der Waals surface area contributed by atoms with Crippen LogP contribution in [0.5, 0.6) is 0 Å². The van der Waals surface area contributed by atoms with E-state index in [0.717, 1.165) is 10.0 Å². The van der Waals surface area contributed by atoms with Crippen molar-refractivity contribution in [1.29, 1.82) is 0 Å². The lowest BCUT2D eigenvalue weighted by atomic mass is 10.1. The molecule has 0 aliphatic rings. The topological polar surface area (TPSA) is 87.3 Å². The molecule has 3 amide bonds. The number of amides is 3. The van der Waals surface area contributed by atoms with Gasteiger partial charge in [-0.2, -0.15) is 0 Å². The Morgan fingerprint density at radius 1 is 0.724 bits per heavy atom. The quantitative estimate of drug-likeness (QED) is 0.522. The lowest BCUT2D eigenvalue weighted by molar-refractivity contribution is 0.0847. The number of anilines is 1. The Balaban J connectivity index is 1.69. The van der Waals surface area contributed by atoms with Gasteiger partial charge in [0.25, 0.3) is 17.7 Å². The van der Waals surface area contributed by atoms with Crippen LogP contribution in [0.1, 0.15) is 36.6 Å². The molecular formula is C22H18BrN3O3. The van der Waals surface area contributed by atoms with Crippen LogP contribution in [0.15, 0.2) is 77.3 Å². The predicted octanol–water partition coefficient (Wildman–Crippen LogP) is 4.08. The third-order valence-electron chi connectivity index (χ3n) is 4.10. The van der Waals surface area contributed by atoms with Gasteiger partial charge in [0, 0.05) is 15.6 Å². The number of benzene rings is 3. The maximum absolute atomic E-state index is 12.5. The van der Waals surface area contributed by atoms with Crippen LogP contribution < -0.4 is 16.2 Å². The molecule has 0 aliphatic carbocycles. The monoisotopic (exact) mass is 451 g/mol. The Hall–Kier alpha value is -3.45. The van der Waals surface area contributed by atoms with E-state index in [1.807, 2.05) is 13.0 Å². The fraction of sp³-hybridized carbons (Fsp3) is 0.0455. The first-order valence-electron chi connectivity index (χ1n) is 8.77. The van der Waals surface area contributed by atoms with E-state index in [-0.39, 0.29) is 11.5 Å². The Morgan fingerprint density at radius 3 is 2.14 bits per heavy atom. The number of carbonyl (C=O) groups is 3. The number of nitrogens with one attached hydrogen (secondary N) is 3. The van der Waals surface area contributed by atoms with Crippen molar-refractivity contribution in [1.82, 2.24) is 10.9 Å². The minimum atomic E-state index is -0.544. The number of rotatable bonds is 4. The molecule has 0 bridgehead atoms. The molecule has 3 aromatic carbocycles. The summed E-state index contributed by atoms with van der Waals surface area (Å²) in [7, 11) is 0. The fourth-order valence-corrected chi connectivity index (χ4v) is 2.89. The van der Waals surface area contributed by atoms with Crippen LogP contribution in [0, 0.1) is 6.92 Å². The van der Waals surface area contributed by atoms with Crippen LogP contribution in [-0.2, 0) is 0 Å². The second-order valence-corrected chi connectivity index (χ2v) is 7.20. The standard InChI is InChI=1S/C22H18BrN3O3/c1-14-5-4-6-16(13-14)21(28)25-26-22(29)18-7-2-3-8-19(18)24-20(27)15-9-11-17(23)12-10-15/h2-13H,1H3,(H,24,27)(H,25,28)(H,26,29). The van der Waals surface area contributed by atoms with Crippen LogP contribution in [0.4, 0.5) is 5.69 Å². The summed E-state index contributed by atoms with van der Waals surface area (Å²) in [5, 5.41) is 2.73. The Kier molecular flexibility index (Phi) is 6.41. The smallest absolute Gasteiger partial charge is 0.271 e. The molecule has 6 nitrogen and oxygen atoms in total. The van der Waals surface area contributed by atoms with Crippen molar-refractivity contribution in [2.24, 2.45) is 0 Å². The van der Waals surface area contributed by atoms with Crippen molar-refractivity contribution in [3.63, 3.8) is 0 Å². The zero-order chi connectivity index (χ0) is 20.8. The highest BCUT2D eigenvalue weighted by atomic mass is 79.9. The number of hydrogen-bond donors (Lipinski definition) is 3. The van der Waals surface area contributed by atoms with Gasteiger partial charge in [0.15, 0.2) is 0 Å². The maximum atomic E-state index is 12.5. The maximum Gasteiger partial charge on any atom is 0.271 e. The van der Waals surface area contributed by atoms with E-state index in [9.17, 15) is 14.4 Å². The summed E-state index contributed by atoms with van der Waals surface area (Å²) < 4.78 is 0.859. The molecule has 0 atom stereocenters. The van der Waals surface area contributed by atoms with Gasteiger partial charge >= 0.3 is 0 Å². The summed E-state index contributed by atoms with van der Waals surface area (Å²) in [6.45, 7) is 1.87. The molecule has 0 saturated carbocycles. The summed E-state index contributed by atoms with van der Waals surface area (Å²) in [4.78, 5) is 37.2. The average Bonchev–Trinajstić information content (AvgIpc) is 2.72. The lowest BCUT2D eigenvalue weighted by Gasteiger charge is -2.12. The van der Waals surface area contributed by atoms with Crippen molar-refractivity contribution in [3.05, 3.63) is 99.5 Å². The number of carbonyl (C=O) groups excluding carboxylic acids is 3. The van der Waals surface area contributed by atoms with Crippen LogP contribution in [0.25, 0.3) is 0 Å². The van der Waals surface area contributed by atoms with Crippen molar-refractivity contribution < 1.29 is 14.4 Å². The molecule has 0 aromatic heterocycles. The molecule has 0 saturated heterocycles. The van der Waals surface area contributed by atoms with Gasteiger partial charge in [0.1, 0.15) is 0 Å². The van der Waals surface area contributed by atoms with E-state index >= 15 is 0 Å². The highest BCUT2D eigenvalue weighted by molar-refractivity contribution is 9.10. The van der Waals surface area contributed by atoms with E-state index in [1.54, 1.807) is 66.7 Å². The molecule has 146 valence electrons. The number of para-hydroxylation sites is 1. The van der Waals surface area contributed by atoms with Crippen molar-refractivity contribution in [3.8, 4) is 0 Å². The van der Waals surface area contributed by atoms with E-state index in [2.05, 4.69) is 32.1 Å². The number of hydrogen-bond acceptors (Lipinski definition) is 3. The molecule has 3 aromatic rings. The van der Waals surface area contributed by atoms with E-state index < -0.39 is 11.8 Å². The Bertz CT molecular complexity index is 1060. The van der Waals surface area contributed by atoms with E-state index in [4.69, 9.17) is 0 Å². The fourth-order valence-electron chi connectivity index (χ4n) is 2.63. The van der Waals surface area contributed by atoms with Gasteiger partial charge in [-0.3, -0.25) is 25.2 Å². The number of hydrazine groups is 1. The molecule has 0 radical (unpaired) electrons. The molecule has 29 heavy (non-hydrogen) atoms. The second-order valence-electron chi connectivity index (χ2n) is 6.28. The molecule has 0 aliphatic heterocycles. The highest BCUT2D eigenvalue weighted by Crippen LogP contribution is 2.17. The second kappa shape index (κ2) is 9.16. The van der Waals surface area contributed by atoms with Crippen LogP contribution in [0.3, 0.4) is 0 Å². The SMILES string of the molecule is Cc1cccc(C(=O)NNC(=O)c2ccccc2NC(=O)c2ccc(Br)cc2)c1. The molecule has 0 fully saturated rings. The van der Waals surface area contributed by atoms with Crippen LogP contribution >= 0.6 is 15.9 Å². The number of aryl methyl sites for hydroxylation is 1. The van der Waals surface area contributed by atoms with Crippen molar-refractivity contribution >= 4 is 39.3 Å². The molecule has 0 unspecified atom stereocenters. The first kappa shape index (κ1) is 20.3. The lowest BCUT2D eigenvalue weighted by Crippen LogP contribution is -2.41.